The van der Waals surface area contributed by atoms with Gasteiger partial charge < -0.3 is 15.0 Å². The van der Waals surface area contributed by atoms with Gasteiger partial charge in [0.05, 0.1) is 6.61 Å². The van der Waals surface area contributed by atoms with Crippen molar-refractivity contribution in [1.29, 1.82) is 0 Å². The lowest BCUT2D eigenvalue weighted by Gasteiger charge is -2.12. The number of ether oxygens (including phenoxy) is 1. The Morgan fingerprint density at radius 2 is 2.11 bits per heavy atom. The highest BCUT2D eigenvalue weighted by Crippen LogP contribution is 2.13. The second kappa shape index (κ2) is 5.73. The van der Waals surface area contributed by atoms with Crippen LogP contribution >= 0.6 is 0 Å². The maximum Gasteiger partial charge on any atom is 0.251 e. The van der Waals surface area contributed by atoms with Gasteiger partial charge in [0, 0.05) is 19.2 Å². The SMILES string of the molecule is CCOc1ccc(C(=O)NC2CCN(C)C2=O)cc1. The summed E-state index contributed by atoms with van der Waals surface area (Å²) in [5.41, 5.74) is 0.533. The van der Waals surface area contributed by atoms with Crippen LogP contribution in [-0.4, -0.2) is 43.0 Å². The Hall–Kier alpha value is -2.04. The average Bonchev–Trinajstić information content (AvgIpc) is 2.72. The summed E-state index contributed by atoms with van der Waals surface area (Å²) >= 11 is 0. The van der Waals surface area contributed by atoms with Crippen LogP contribution in [0.1, 0.15) is 23.7 Å². The molecule has 2 amide bonds. The Kier molecular flexibility index (Phi) is 4.04. The minimum Gasteiger partial charge on any atom is -0.494 e. The molecule has 0 aromatic heterocycles. The van der Waals surface area contributed by atoms with Gasteiger partial charge in [-0.3, -0.25) is 9.59 Å². The molecule has 1 aliphatic heterocycles. The van der Waals surface area contributed by atoms with Crippen molar-refractivity contribution in [2.45, 2.75) is 19.4 Å². The third kappa shape index (κ3) is 3.05. The van der Waals surface area contributed by atoms with E-state index in [1.807, 2.05) is 6.92 Å². The minimum absolute atomic E-state index is 0.0284. The third-order valence-corrected chi connectivity index (χ3v) is 3.16. The van der Waals surface area contributed by atoms with E-state index in [9.17, 15) is 9.59 Å². The first-order valence-corrected chi connectivity index (χ1v) is 6.40. The van der Waals surface area contributed by atoms with E-state index in [-0.39, 0.29) is 11.8 Å². The van der Waals surface area contributed by atoms with Crippen LogP contribution < -0.4 is 10.1 Å². The van der Waals surface area contributed by atoms with Gasteiger partial charge in [0.2, 0.25) is 5.91 Å². The molecule has 1 saturated heterocycles. The van der Waals surface area contributed by atoms with Gasteiger partial charge in [-0.15, -0.1) is 0 Å². The van der Waals surface area contributed by atoms with Crippen molar-refractivity contribution in [3.8, 4) is 5.75 Å². The molecule has 0 aliphatic carbocycles. The zero-order chi connectivity index (χ0) is 13.8. The Morgan fingerprint density at radius 3 is 2.63 bits per heavy atom. The predicted octanol–water partition coefficient (Wildman–Crippen LogP) is 1.05. The van der Waals surface area contributed by atoms with Crippen molar-refractivity contribution in [2.75, 3.05) is 20.2 Å². The van der Waals surface area contributed by atoms with Gasteiger partial charge in [-0.2, -0.15) is 0 Å². The van der Waals surface area contributed by atoms with E-state index in [4.69, 9.17) is 4.74 Å². The number of nitrogens with one attached hydrogen (secondary N) is 1. The van der Waals surface area contributed by atoms with Crippen molar-refractivity contribution in [3.63, 3.8) is 0 Å². The largest absolute Gasteiger partial charge is 0.494 e. The highest BCUT2D eigenvalue weighted by molar-refractivity contribution is 5.98. The van der Waals surface area contributed by atoms with E-state index in [2.05, 4.69) is 5.32 Å². The number of hydrogen-bond acceptors (Lipinski definition) is 3. The monoisotopic (exact) mass is 262 g/mol. The van der Waals surface area contributed by atoms with Gasteiger partial charge >= 0.3 is 0 Å². The third-order valence-electron chi connectivity index (χ3n) is 3.16. The maximum absolute atomic E-state index is 12.0. The summed E-state index contributed by atoms with van der Waals surface area (Å²) in [7, 11) is 1.74. The molecule has 1 aliphatic rings. The number of rotatable bonds is 4. The quantitative estimate of drug-likeness (QED) is 0.882. The average molecular weight is 262 g/mol. The zero-order valence-electron chi connectivity index (χ0n) is 11.2. The number of carbonyl (C=O) groups excluding carboxylic acids is 2. The minimum atomic E-state index is -0.399. The predicted molar refractivity (Wildman–Crippen MR) is 71.1 cm³/mol. The van der Waals surface area contributed by atoms with Crippen LogP contribution in [0.25, 0.3) is 0 Å². The van der Waals surface area contributed by atoms with Crippen LogP contribution in [0, 0.1) is 0 Å². The fourth-order valence-electron chi connectivity index (χ4n) is 2.07. The number of likely N-dealkylation sites (tertiary alicyclic amines) is 1. The lowest BCUT2D eigenvalue weighted by atomic mass is 10.1. The summed E-state index contributed by atoms with van der Waals surface area (Å²) in [6.45, 7) is 3.18. The topological polar surface area (TPSA) is 58.6 Å². The van der Waals surface area contributed by atoms with E-state index in [1.54, 1.807) is 36.2 Å². The lowest BCUT2D eigenvalue weighted by molar-refractivity contribution is -0.128. The van der Waals surface area contributed by atoms with Crippen LogP contribution in [0.5, 0.6) is 5.75 Å². The standard InChI is InChI=1S/C14H18N2O3/c1-3-19-11-6-4-10(5-7-11)13(17)15-12-8-9-16(2)14(12)18/h4-7,12H,3,8-9H2,1-2H3,(H,15,17). The van der Waals surface area contributed by atoms with Gasteiger partial charge in [0.1, 0.15) is 11.8 Å². The van der Waals surface area contributed by atoms with Crippen LogP contribution in [0.3, 0.4) is 0 Å². The molecule has 1 N–H and O–H groups in total. The highest BCUT2D eigenvalue weighted by Gasteiger charge is 2.30. The summed E-state index contributed by atoms with van der Waals surface area (Å²) in [5.74, 6) is 0.478. The van der Waals surface area contributed by atoms with Gasteiger partial charge in [0.15, 0.2) is 0 Å². The fourth-order valence-corrected chi connectivity index (χ4v) is 2.07. The van der Waals surface area contributed by atoms with Gasteiger partial charge in [-0.05, 0) is 37.6 Å². The second-order valence-electron chi connectivity index (χ2n) is 4.53. The smallest absolute Gasteiger partial charge is 0.251 e. The molecular weight excluding hydrogens is 244 g/mol. The number of nitrogens with zero attached hydrogens (tertiary/aromatic N) is 1. The molecule has 0 spiro atoms. The number of amides is 2. The first kappa shape index (κ1) is 13.4. The second-order valence-corrected chi connectivity index (χ2v) is 4.53. The molecule has 19 heavy (non-hydrogen) atoms. The molecule has 0 saturated carbocycles. The van der Waals surface area contributed by atoms with E-state index in [0.29, 0.717) is 25.1 Å². The van der Waals surface area contributed by atoms with Crippen molar-refractivity contribution in [1.82, 2.24) is 10.2 Å². The van der Waals surface area contributed by atoms with Crippen molar-refractivity contribution in [3.05, 3.63) is 29.8 Å². The van der Waals surface area contributed by atoms with Crippen LogP contribution in [0.4, 0.5) is 0 Å². The molecule has 1 unspecified atom stereocenters. The van der Waals surface area contributed by atoms with E-state index in [1.165, 1.54) is 0 Å². The first-order valence-electron chi connectivity index (χ1n) is 6.40. The molecule has 0 radical (unpaired) electrons. The molecule has 5 nitrogen and oxygen atoms in total. The molecule has 0 bridgehead atoms. The molecule has 2 rings (SSSR count). The Labute approximate surface area is 112 Å². The summed E-state index contributed by atoms with van der Waals surface area (Å²) in [6, 6.07) is 6.50. The summed E-state index contributed by atoms with van der Waals surface area (Å²) in [6.07, 6.45) is 0.665. The normalized spacial score (nSPS) is 18.5. The van der Waals surface area contributed by atoms with Gasteiger partial charge in [-0.1, -0.05) is 0 Å². The summed E-state index contributed by atoms with van der Waals surface area (Å²) in [5, 5.41) is 2.76. The summed E-state index contributed by atoms with van der Waals surface area (Å²) in [4.78, 5) is 25.3. The lowest BCUT2D eigenvalue weighted by Crippen LogP contribution is -2.40. The van der Waals surface area contributed by atoms with Gasteiger partial charge in [-0.25, -0.2) is 0 Å². The zero-order valence-corrected chi connectivity index (χ0v) is 11.2. The van der Waals surface area contributed by atoms with Crippen molar-refractivity contribution in [2.24, 2.45) is 0 Å². The maximum atomic E-state index is 12.0. The Morgan fingerprint density at radius 1 is 1.42 bits per heavy atom. The number of hydrogen-bond donors (Lipinski definition) is 1. The van der Waals surface area contributed by atoms with E-state index in [0.717, 1.165) is 5.75 Å². The molecule has 1 fully saturated rings. The van der Waals surface area contributed by atoms with Crippen LogP contribution in [-0.2, 0) is 4.79 Å². The van der Waals surface area contributed by atoms with Crippen LogP contribution in [0.15, 0.2) is 24.3 Å². The number of carbonyl (C=O) groups is 2. The van der Waals surface area contributed by atoms with Crippen molar-refractivity contribution < 1.29 is 14.3 Å². The molecule has 5 heteroatoms. The van der Waals surface area contributed by atoms with Gasteiger partial charge in [0.25, 0.3) is 5.91 Å². The molecular formula is C14H18N2O3. The number of likely N-dealkylation sites (N-methyl/N-ethyl adjacent to an activating group) is 1. The van der Waals surface area contributed by atoms with Crippen molar-refractivity contribution >= 4 is 11.8 Å². The number of benzene rings is 1. The van der Waals surface area contributed by atoms with E-state index >= 15 is 0 Å². The molecule has 1 aromatic carbocycles. The molecule has 1 atom stereocenters. The Bertz CT molecular complexity index is 470. The highest BCUT2D eigenvalue weighted by atomic mass is 16.5. The van der Waals surface area contributed by atoms with Crippen LogP contribution in [0.2, 0.25) is 0 Å². The molecule has 102 valence electrons. The fraction of sp³-hybridized carbons (Fsp3) is 0.429. The molecule has 1 aromatic rings. The first-order chi connectivity index (χ1) is 9.11. The Balaban J connectivity index is 1.98. The summed E-state index contributed by atoms with van der Waals surface area (Å²) < 4.78 is 5.31. The molecule has 1 heterocycles. The van der Waals surface area contributed by atoms with E-state index < -0.39 is 6.04 Å².